The lowest BCUT2D eigenvalue weighted by molar-refractivity contribution is 0.0794. The van der Waals surface area contributed by atoms with Gasteiger partial charge >= 0.3 is 0 Å². The molecule has 2 N–H and O–H groups in total. The first-order chi connectivity index (χ1) is 12.6. The maximum atomic E-state index is 6.00. The smallest absolute Gasteiger partial charge is 0.191 e. The molecule has 5 nitrogen and oxygen atoms in total. The number of para-hydroxylation sites is 1. The van der Waals surface area contributed by atoms with E-state index in [9.17, 15) is 0 Å². The summed E-state index contributed by atoms with van der Waals surface area (Å²) in [4.78, 5) is 4.83. The van der Waals surface area contributed by atoms with E-state index in [1.54, 1.807) is 0 Å². The summed E-state index contributed by atoms with van der Waals surface area (Å²) in [5.74, 6) is 1.70. The number of nitrogens with zero attached hydrogens (tertiary/aromatic N) is 1. The van der Waals surface area contributed by atoms with Crippen LogP contribution in [0.25, 0.3) is 0 Å². The van der Waals surface area contributed by atoms with Crippen molar-refractivity contribution in [3.63, 3.8) is 0 Å². The normalized spacial score (nSPS) is 18.2. The van der Waals surface area contributed by atoms with Crippen LogP contribution in [-0.2, 0) is 4.74 Å². The van der Waals surface area contributed by atoms with Gasteiger partial charge in [0.05, 0.1) is 17.6 Å². The van der Waals surface area contributed by atoms with Crippen LogP contribution in [0.1, 0.15) is 26.7 Å². The lowest BCUT2D eigenvalue weighted by atomic mass is 9.99. The lowest BCUT2D eigenvalue weighted by Crippen LogP contribution is -2.43. The first kappa shape index (κ1) is 21.4. The standard InChI is InChI=1S/C19H30BrN3O2S/c1-4-21-18(23-14-19(26-3)9-11-24-12-10-19)22-13-15(2)25-17-8-6-5-7-16(17)20/h5-8,15H,4,9-14H2,1-3H3,(H2,21,22,23). The van der Waals surface area contributed by atoms with E-state index in [0.29, 0.717) is 6.54 Å². The maximum absolute atomic E-state index is 6.00. The molecule has 1 atom stereocenters. The van der Waals surface area contributed by atoms with Crippen molar-refractivity contribution in [1.82, 2.24) is 10.6 Å². The molecule has 7 heteroatoms. The average Bonchev–Trinajstić information content (AvgIpc) is 2.66. The number of hydrogen-bond donors (Lipinski definition) is 2. The zero-order chi connectivity index (χ0) is 18.8. The lowest BCUT2D eigenvalue weighted by Gasteiger charge is -2.34. The van der Waals surface area contributed by atoms with Crippen LogP contribution in [0, 0.1) is 0 Å². The zero-order valence-electron chi connectivity index (χ0n) is 15.9. The summed E-state index contributed by atoms with van der Waals surface area (Å²) >= 11 is 5.43. The largest absolute Gasteiger partial charge is 0.488 e. The molecule has 1 saturated heterocycles. The molecule has 146 valence electrons. The molecule has 1 heterocycles. The SMILES string of the molecule is CCNC(=NCC1(SC)CCOCC1)NCC(C)Oc1ccccc1Br. The topological polar surface area (TPSA) is 54.9 Å². The number of aliphatic imine (C=N–C) groups is 1. The van der Waals surface area contributed by atoms with Crippen LogP contribution in [0.15, 0.2) is 33.7 Å². The van der Waals surface area contributed by atoms with Crippen molar-refractivity contribution in [2.75, 3.05) is 39.1 Å². The Hall–Kier alpha value is -0.920. The van der Waals surface area contributed by atoms with Gasteiger partial charge in [-0.3, -0.25) is 4.99 Å². The summed E-state index contributed by atoms with van der Waals surface area (Å²) in [6, 6.07) is 7.90. The van der Waals surface area contributed by atoms with Crippen molar-refractivity contribution in [2.45, 2.75) is 37.5 Å². The minimum Gasteiger partial charge on any atom is -0.488 e. The molecule has 0 amide bonds. The predicted molar refractivity (Wildman–Crippen MR) is 115 cm³/mol. The number of guanidine groups is 1. The van der Waals surface area contributed by atoms with E-state index < -0.39 is 0 Å². The number of benzene rings is 1. The Bertz CT molecular complexity index is 580. The molecular weight excluding hydrogens is 414 g/mol. The fourth-order valence-electron chi connectivity index (χ4n) is 2.77. The third-order valence-corrected chi connectivity index (χ3v) is 6.49. The Morgan fingerprint density at radius 3 is 2.73 bits per heavy atom. The summed E-state index contributed by atoms with van der Waals surface area (Å²) in [7, 11) is 0. The van der Waals surface area contributed by atoms with Crippen LogP contribution in [0.3, 0.4) is 0 Å². The van der Waals surface area contributed by atoms with Gasteiger partial charge in [0.2, 0.25) is 0 Å². The number of nitrogens with one attached hydrogen (secondary N) is 2. The van der Waals surface area contributed by atoms with Crippen molar-refractivity contribution in [2.24, 2.45) is 4.99 Å². The second kappa shape index (κ2) is 11.0. The first-order valence-electron chi connectivity index (χ1n) is 9.15. The molecule has 1 aliphatic rings. The molecule has 26 heavy (non-hydrogen) atoms. The van der Waals surface area contributed by atoms with Crippen LogP contribution in [0.2, 0.25) is 0 Å². The van der Waals surface area contributed by atoms with Gasteiger partial charge in [-0.25, -0.2) is 0 Å². The monoisotopic (exact) mass is 443 g/mol. The number of thioether (sulfide) groups is 1. The Labute approximate surface area is 169 Å². The number of rotatable bonds is 8. The highest BCUT2D eigenvalue weighted by Crippen LogP contribution is 2.34. The molecule has 1 unspecified atom stereocenters. The van der Waals surface area contributed by atoms with E-state index in [-0.39, 0.29) is 10.9 Å². The third-order valence-electron chi connectivity index (χ3n) is 4.43. The maximum Gasteiger partial charge on any atom is 0.191 e. The Balaban J connectivity index is 1.89. The van der Waals surface area contributed by atoms with Crippen molar-refractivity contribution >= 4 is 33.7 Å². The molecule has 0 aliphatic carbocycles. The van der Waals surface area contributed by atoms with Gasteiger partial charge in [0.15, 0.2) is 5.96 Å². The van der Waals surface area contributed by atoms with Gasteiger partial charge in [-0.1, -0.05) is 12.1 Å². The van der Waals surface area contributed by atoms with Crippen LogP contribution < -0.4 is 15.4 Å². The van der Waals surface area contributed by atoms with E-state index in [1.807, 2.05) is 36.0 Å². The zero-order valence-corrected chi connectivity index (χ0v) is 18.3. The predicted octanol–water partition coefficient (Wildman–Crippen LogP) is 3.68. The number of halogens is 1. The van der Waals surface area contributed by atoms with Gasteiger partial charge in [0.1, 0.15) is 11.9 Å². The molecule has 1 aromatic carbocycles. The second-order valence-corrected chi connectivity index (χ2v) is 8.56. The summed E-state index contributed by atoms with van der Waals surface area (Å²) in [5, 5.41) is 6.73. The average molecular weight is 444 g/mol. The minimum atomic E-state index is 0.0233. The quantitative estimate of drug-likeness (QED) is 0.473. The second-order valence-electron chi connectivity index (χ2n) is 6.43. The molecule has 0 bridgehead atoms. The summed E-state index contributed by atoms with van der Waals surface area (Å²) < 4.78 is 12.7. The molecule has 1 fully saturated rings. The molecule has 0 saturated carbocycles. The Morgan fingerprint density at radius 1 is 1.35 bits per heavy atom. The fraction of sp³-hybridized carbons (Fsp3) is 0.632. The molecular formula is C19H30BrN3O2S. The van der Waals surface area contributed by atoms with Crippen molar-refractivity contribution in [3.05, 3.63) is 28.7 Å². The van der Waals surface area contributed by atoms with E-state index in [0.717, 1.165) is 55.3 Å². The van der Waals surface area contributed by atoms with Gasteiger partial charge in [0.25, 0.3) is 0 Å². The van der Waals surface area contributed by atoms with E-state index >= 15 is 0 Å². The molecule has 0 radical (unpaired) electrons. The van der Waals surface area contributed by atoms with Gasteiger partial charge < -0.3 is 20.1 Å². The highest BCUT2D eigenvalue weighted by Gasteiger charge is 2.31. The van der Waals surface area contributed by atoms with Crippen molar-refractivity contribution in [1.29, 1.82) is 0 Å². The Morgan fingerprint density at radius 2 is 2.08 bits per heavy atom. The summed E-state index contributed by atoms with van der Waals surface area (Å²) in [5.41, 5.74) is 0. The number of hydrogen-bond acceptors (Lipinski definition) is 4. The molecule has 1 aliphatic heterocycles. The Kier molecular flexibility index (Phi) is 9.08. The summed E-state index contributed by atoms with van der Waals surface area (Å²) in [6.45, 7) is 8.11. The van der Waals surface area contributed by atoms with Gasteiger partial charge in [-0.05, 0) is 61.0 Å². The van der Waals surface area contributed by atoms with Crippen LogP contribution in [-0.4, -0.2) is 55.9 Å². The number of ether oxygens (including phenoxy) is 2. The van der Waals surface area contributed by atoms with Gasteiger partial charge in [-0.15, -0.1) is 0 Å². The van der Waals surface area contributed by atoms with Crippen LogP contribution >= 0.6 is 27.7 Å². The fourth-order valence-corrected chi connectivity index (χ4v) is 3.92. The molecule has 1 aromatic rings. The van der Waals surface area contributed by atoms with Crippen molar-refractivity contribution in [3.8, 4) is 5.75 Å². The van der Waals surface area contributed by atoms with E-state index in [4.69, 9.17) is 14.5 Å². The molecule has 2 rings (SSSR count). The van der Waals surface area contributed by atoms with Crippen LogP contribution in [0.5, 0.6) is 5.75 Å². The molecule has 0 aromatic heterocycles. The third kappa shape index (κ3) is 6.67. The van der Waals surface area contributed by atoms with Crippen LogP contribution in [0.4, 0.5) is 0 Å². The van der Waals surface area contributed by atoms with Gasteiger partial charge in [-0.2, -0.15) is 11.8 Å². The van der Waals surface area contributed by atoms with E-state index in [2.05, 4.69) is 46.7 Å². The molecule has 0 spiro atoms. The van der Waals surface area contributed by atoms with Gasteiger partial charge in [0, 0.05) is 24.5 Å². The van der Waals surface area contributed by atoms with E-state index in [1.165, 1.54) is 0 Å². The minimum absolute atomic E-state index is 0.0233. The highest BCUT2D eigenvalue weighted by atomic mass is 79.9. The summed E-state index contributed by atoms with van der Waals surface area (Å²) in [6.07, 6.45) is 4.31. The first-order valence-corrected chi connectivity index (χ1v) is 11.2. The highest BCUT2D eigenvalue weighted by molar-refractivity contribution is 9.10. The van der Waals surface area contributed by atoms with Crippen molar-refractivity contribution < 1.29 is 9.47 Å².